The van der Waals surface area contributed by atoms with Crippen molar-refractivity contribution in [3.05, 3.63) is 69.5 Å². The zero-order chi connectivity index (χ0) is 27.4. The first-order valence-electron chi connectivity index (χ1n) is 11.2. The number of amides is 2. The van der Waals surface area contributed by atoms with Crippen molar-refractivity contribution in [2.45, 2.75) is 12.3 Å². The van der Waals surface area contributed by atoms with E-state index in [2.05, 4.69) is 25.9 Å². The molecule has 1 atom stereocenters. The van der Waals surface area contributed by atoms with Crippen LogP contribution < -0.4 is 26.2 Å². The summed E-state index contributed by atoms with van der Waals surface area (Å²) < 4.78 is 14.7. The number of esters is 2. The van der Waals surface area contributed by atoms with Gasteiger partial charge in [-0.05, 0) is 30.3 Å². The summed E-state index contributed by atoms with van der Waals surface area (Å²) in [5.41, 5.74) is -0.152. The molecule has 0 unspecified atom stereocenters. The van der Waals surface area contributed by atoms with Gasteiger partial charge < -0.3 is 30.2 Å². The average molecular weight is 521 g/mol. The summed E-state index contributed by atoms with van der Waals surface area (Å²) in [5.74, 6) is -3.52. The zero-order valence-corrected chi connectivity index (χ0v) is 20.5. The Hall–Kier alpha value is -5.20. The van der Waals surface area contributed by atoms with Gasteiger partial charge in [-0.1, -0.05) is 12.1 Å². The Kier molecular flexibility index (Phi) is 7.37. The van der Waals surface area contributed by atoms with E-state index in [1.807, 2.05) is 0 Å². The number of carbonyl (C=O) groups excluding carboxylic acids is 4. The van der Waals surface area contributed by atoms with Crippen LogP contribution in [-0.2, 0) is 19.1 Å². The molecule has 1 aliphatic rings. The first-order valence-corrected chi connectivity index (χ1v) is 11.2. The molecular formula is C25H23N5O8. The number of H-pyrrole nitrogens is 1. The third-order valence-corrected chi connectivity index (χ3v) is 5.67. The van der Waals surface area contributed by atoms with Crippen molar-refractivity contribution < 1.29 is 33.4 Å². The number of anilines is 4. The van der Waals surface area contributed by atoms with E-state index in [4.69, 9.17) is 14.2 Å². The summed E-state index contributed by atoms with van der Waals surface area (Å²) in [4.78, 5) is 69.7. The van der Waals surface area contributed by atoms with E-state index in [0.717, 1.165) is 0 Å². The SMILES string of the molecule is COC(=O)c1cc(NC(=O)[C@H]2CC(=O)Nc3nc(Nc4ccccc4OC)[nH]c(=O)c32)cc(C(=O)OC)c1. The van der Waals surface area contributed by atoms with E-state index in [1.165, 1.54) is 39.5 Å². The molecule has 4 rings (SSSR count). The molecule has 13 nitrogen and oxygen atoms in total. The molecule has 0 spiro atoms. The fourth-order valence-corrected chi connectivity index (χ4v) is 3.93. The van der Waals surface area contributed by atoms with Crippen LogP contribution in [0.3, 0.4) is 0 Å². The second kappa shape index (κ2) is 10.8. The van der Waals surface area contributed by atoms with Gasteiger partial charge in [0, 0.05) is 12.1 Å². The van der Waals surface area contributed by atoms with Gasteiger partial charge in [-0.3, -0.25) is 19.4 Å². The quantitative estimate of drug-likeness (QED) is 0.337. The number of hydrogen-bond donors (Lipinski definition) is 4. The van der Waals surface area contributed by atoms with Crippen LogP contribution in [0.25, 0.3) is 0 Å². The van der Waals surface area contributed by atoms with Crippen molar-refractivity contribution in [1.29, 1.82) is 0 Å². The van der Waals surface area contributed by atoms with Crippen LogP contribution in [-0.4, -0.2) is 55.1 Å². The van der Waals surface area contributed by atoms with Crippen molar-refractivity contribution >= 4 is 46.9 Å². The van der Waals surface area contributed by atoms with E-state index >= 15 is 0 Å². The average Bonchev–Trinajstić information content (AvgIpc) is 2.91. The van der Waals surface area contributed by atoms with Crippen LogP contribution in [0.2, 0.25) is 0 Å². The summed E-state index contributed by atoms with van der Waals surface area (Å²) in [7, 11) is 3.82. The molecule has 38 heavy (non-hydrogen) atoms. The lowest BCUT2D eigenvalue weighted by Crippen LogP contribution is -2.36. The van der Waals surface area contributed by atoms with Gasteiger partial charge in [0.25, 0.3) is 5.56 Å². The van der Waals surface area contributed by atoms with Crippen LogP contribution in [0.5, 0.6) is 5.75 Å². The summed E-state index contributed by atoms with van der Waals surface area (Å²) in [5, 5.41) is 8.01. The van der Waals surface area contributed by atoms with Crippen LogP contribution in [0.1, 0.15) is 38.6 Å². The molecule has 0 radical (unpaired) electrons. The van der Waals surface area contributed by atoms with Gasteiger partial charge in [0.05, 0.1) is 49.6 Å². The zero-order valence-electron chi connectivity index (χ0n) is 20.5. The third kappa shape index (κ3) is 5.31. The number of para-hydroxylation sites is 2. The number of ether oxygens (including phenoxy) is 3. The normalized spacial score (nSPS) is 14.0. The van der Waals surface area contributed by atoms with Crippen molar-refractivity contribution in [2.75, 3.05) is 37.3 Å². The summed E-state index contributed by atoms with van der Waals surface area (Å²) in [6, 6.07) is 10.8. The van der Waals surface area contributed by atoms with Gasteiger partial charge in [-0.25, -0.2) is 9.59 Å². The monoisotopic (exact) mass is 521 g/mol. The van der Waals surface area contributed by atoms with E-state index in [9.17, 15) is 24.0 Å². The molecule has 0 aliphatic carbocycles. The van der Waals surface area contributed by atoms with E-state index in [0.29, 0.717) is 11.4 Å². The first kappa shape index (κ1) is 25.9. The van der Waals surface area contributed by atoms with Crippen molar-refractivity contribution in [1.82, 2.24) is 9.97 Å². The molecule has 1 aromatic heterocycles. The van der Waals surface area contributed by atoms with E-state index in [-0.39, 0.29) is 40.6 Å². The third-order valence-electron chi connectivity index (χ3n) is 5.67. The smallest absolute Gasteiger partial charge is 0.337 e. The lowest BCUT2D eigenvalue weighted by Gasteiger charge is -2.24. The number of fused-ring (bicyclic) bond motifs is 1. The van der Waals surface area contributed by atoms with E-state index < -0.39 is 35.2 Å². The van der Waals surface area contributed by atoms with Gasteiger partial charge in [0.15, 0.2) is 0 Å². The number of hydrogen-bond acceptors (Lipinski definition) is 10. The van der Waals surface area contributed by atoms with Gasteiger partial charge in [0.2, 0.25) is 17.8 Å². The topological polar surface area (TPSA) is 178 Å². The van der Waals surface area contributed by atoms with Gasteiger partial charge in [0.1, 0.15) is 11.6 Å². The van der Waals surface area contributed by atoms with Crippen LogP contribution in [0.4, 0.5) is 23.1 Å². The molecule has 0 fully saturated rings. The molecule has 0 bridgehead atoms. The Labute approximate surface area is 215 Å². The van der Waals surface area contributed by atoms with Crippen LogP contribution in [0, 0.1) is 0 Å². The number of aromatic nitrogens is 2. The second-order valence-corrected chi connectivity index (χ2v) is 8.08. The van der Waals surface area contributed by atoms with Crippen molar-refractivity contribution in [2.24, 2.45) is 0 Å². The van der Waals surface area contributed by atoms with Gasteiger partial charge >= 0.3 is 11.9 Å². The lowest BCUT2D eigenvalue weighted by atomic mass is 9.92. The minimum Gasteiger partial charge on any atom is -0.495 e. The number of rotatable bonds is 7. The maximum Gasteiger partial charge on any atom is 0.337 e. The molecule has 196 valence electrons. The number of methoxy groups -OCH3 is 3. The highest BCUT2D eigenvalue weighted by molar-refractivity contribution is 6.05. The predicted octanol–water partition coefficient (Wildman–Crippen LogP) is 2.16. The number of carbonyl (C=O) groups is 4. The molecule has 0 saturated heterocycles. The largest absolute Gasteiger partial charge is 0.495 e. The Bertz CT molecular complexity index is 1470. The molecule has 1 aliphatic heterocycles. The summed E-state index contributed by atoms with van der Waals surface area (Å²) in [6.07, 6.45) is -0.330. The molecule has 13 heteroatoms. The second-order valence-electron chi connectivity index (χ2n) is 8.08. The molecule has 4 N–H and O–H groups in total. The van der Waals surface area contributed by atoms with Gasteiger partial charge in [-0.15, -0.1) is 0 Å². The fourth-order valence-electron chi connectivity index (χ4n) is 3.93. The van der Waals surface area contributed by atoms with E-state index in [1.54, 1.807) is 24.3 Å². The highest BCUT2D eigenvalue weighted by Gasteiger charge is 2.35. The lowest BCUT2D eigenvalue weighted by molar-refractivity contribution is -0.123. The van der Waals surface area contributed by atoms with Crippen molar-refractivity contribution in [3.8, 4) is 5.75 Å². The number of nitrogens with one attached hydrogen (secondary N) is 4. The van der Waals surface area contributed by atoms with Gasteiger partial charge in [-0.2, -0.15) is 4.98 Å². The molecular weight excluding hydrogens is 498 g/mol. The molecule has 2 aromatic carbocycles. The maximum atomic E-state index is 13.3. The Morgan fingerprint density at radius 3 is 2.26 bits per heavy atom. The van der Waals surface area contributed by atoms with Crippen molar-refractivity contribution in [3.63, 3.8) is 0 Å². The highest BCUT2D eigenvalue weighted by atomic mass is 16.5. The summed E-state index contributed by atoms with van der Waals surface area (Å²) >= 11 is 0. The fraction of sp³-hybridized carbons (Fsp3) is 0.200. The number of aromatic amines is 1. The first-order chi connectivity index (χ1) is 18.2. The van der Waals surface area contributed by atoms with Crippen LogP contribution >= 0.6 is 0 Å². The Balaban J connectivity index is 1.66. The molecule has 3 aromatic rings. The molecule has 0 saturated carbocycles. The highest BCUT2D eigenvalue weighted by Crippen LogP contribution is 2.31. The minimum atomic E-state index is -1.21. The number of benzene rings is 2. The molecule has 2 amide bonds. The maximum absolute atomic E-state index is 13.3. The summed E-state index contributed by atoms with van der Waals surface area (Å²) in [6.45, 7) is 0. The standard InChI is InChI=1S/C25H23N5O8/c1-36-17-7-5-4-6-16(17)27-25-29-20-19(22(33)30-25)15(11-18(31)28-20)21(32)26-14-9-12(23(34)37-2)8-13(10-14)24(35)38-3/h4-10,15H,11H2,1-3H3,(H,26,32)(H3,27,28,29,30,31,33)/t15-/m0/s1. The minimum absolute atomic E-state index is 0.0148. The predicted molar refractivity (Wildman–Crippen MR) is 135 cm³/mol. The number of nitrogens with zero attached hydrogens (tertiary/aromatic N) is 1. The Morgan fingerprint density at radius 2 is 1.63 bits per heavy atom. The van der Waals surface area contributed by atoms with Crippen LogP contribution in [0.15, 0.2) is 47.3 Å². The molecule has 2 heterocycles. The Morgan fingerprint density at radius 1 is 0.974 bits per heavy atom.